The second-order valence-electron chi connectivity index (χ2n) is 2.65. The smallest absolute Gasteiger partial charge is 0.194 e. The van der Waals surface area contributed by atoms with Crippen LogP contribution in [0.3, 0.4) is 0 Å². The predicted octanol–water partition coefficient (Wildman–Crippen LogP) is 3.15. The summed E-state index contributed by atoms with van der Waals surface area (Å²) in [5, 5.41) is 0. The maximum Gasteiger partial charge on any atom is 0.418 e. The zero-order chi connectivity index (χ0) is 10.7. The molecule has 0 aromatic heterocycles. The van der Waals surface area contributed by atoms with E-state index in [0.29, 0.717) is 6.92 Å². The molecule has 0 aromatic carbocycles. The Morgan fingerprint density at radius 2 is 1.31 bits per heavy atom. The Balaban J connectivity index is 3.23. The van der Waals surface area contributed by atoms with Crippen LogP contribution in [0.15, 0.2) is 11.1 Å². The third kappa shape index (κ3) is 1.05. The van der Waals surface area contributed by atoms with E-state index in [1.165, 1.54) is 0 Å². The number of hydrogen-bond donors (Lipinski definition) is 0. The maximum atomic E-state index is 12.2. The van der Waals surface area contributed by atoms with E-state index in [-0.39, 0.29) is 0 Å². The van der Waals surface area contributed by atoms with Crippen LogP contribution in [0.5, 0.6) is 0 Å². The Morgan fingerprint density at radius 3 is 1.46 bits per heavy atom. The van der Waals surface area contributed by atoms with Gasteiger partial charge in [-0.05, 0) is 6.92 Å². The fourth-order valence-electron chi connectivity index (χ4n) is 1.11. The van der Waals surface area contributed by atoms with Gasteiger partial charge in [-0.1, -0.05) is 0 Å². The van der Waals surface area contributed by atoms with E-state index in [2.05, 4.69) is 0 Å². The van der Waals surface area contributed by atoms with Crippen molar-refractivity contribution in [2.45, 2.75) is 24.9 Å². The molecule has 0 heterocycles. The monoisotopic (exact) mass is 208 g/mol. The summed E-state index contributed by atoms with van der Waals surface area (Å²) < 4.78 is 83.9. The normalized spacial score (nSPS) is 25.8. The molecule has 1 aliphatic carbocycles. The van der Waals surface area contributed by atoms with Crippen LogP contribution in [-0.4, -0.2) is 18.0 Å². The lowest BCUT2D eigenvalue weighted by atomic mass is 9.80. The van der Waals surface area contributed by atoms with Crippen LogP contribution in [0, 0.1) is 0 Å². The van der Waals surface area contributed by atoms with Crippen molar-refractivity contribution < 1.29 is 30.7 Å². The van der Waals surface area contributed by atoms with Crippen molar-refractivity contribution in [3.05, 3.63) is 11.1 Å². The summed E-state index contributed by atoms with van der Waals surface area (Å²) in [5.41, 5.74) is -4.03. The highest BCUT2D eigenvalue weighted by molar-refractivity contribution is 5.45. The van der Waals surface area contributed by atoms with E-state index in [1.54, 1.807) is 0 Å². The lowest BCUT2D eigenvalue weighted by Crippen LogP contribution is -2.56. The molecule has 0 atom stereocenters. The van der Waals surface area contributed by atoms with Crippen molar-refractivity contribution >= 4 is 0 Å². The molecule has 0 saturated carbocycles. The summed E-state index contributed by atoms with van der Waals surface area (Å²) >= 11 is 0. The molecule has 13 heavy (non-hydrogen) atoms. The third-order valence-corrected chi connectivity index (χ3v) is 1.84. The Labute approximate surface area is 68.0 Å². The van der Waals surface area contributed by atoms with Gasteiger partial charge in [-0.2, -0.15) is 30.7 Å². The fourth-order valence-corrected chi connectivity index (χ4v) is 1.11. The highest BCUT2D eigenvalue weighted by Crippen LogP contribution is 2.59. The maximum absolute atomic E-state index is 12.2. The third-order valence-electron chi connectivity index (χ3n) is 1.84. The summed E-state index contributed by atoms with van der Waals surface area (Å²) in [7, 11) is 0. The molecular formula is C6H3F7. The number of halogens is 7. The molecule has 0 fully saturated rings. The van der Waals surface area contributed by atoms with Gasteiger partial charge >= 0.3 is 18.0 Å². The lowest BCUT2D eigenvalue weighted by Gasteiger charge is -2.40. The van der Waals surface area contributed by atoms with Crippen molar-refractivity contribution in [2.24, 2.45) is 0 Å². The van der Waals surface area contributed by atoms with Gasteiger partial charge in [0.15, 0.2) is 0 Å². The molecule has 0 amide bonds. The molecular weight excluding hydrogens is 205 g/mol. The van der Waals surface area contributed by atoms with Gasteiger partial charge in [0.05, 0.1) is 0 Å². The van der Waals surface area contributed by atoms with Gasteiger partial charge in [0.2, 0.25) is 0 Å². The van der Waals surface area contributed by atoms with Crippen LogP contribution in [0.1, 0.15) is 6.92 Å². The molecule has 0 N–H and O–H groups in total. The topological polar surface area (TPSA) is 0 Å². The molecule has 1 rings (SSSR count). The zero-order valence-corrected chi connectivity index (χ0v) is 6.15. The van der Waals surface area contributed by atoms with Gasteiger partial charge in [0.25, 0.3) is 0 Å². The van der Waals surface area contributed by atoms with Crippen molar-refractivity contribution in [3.8, 4) is 0 Å². The van der Waals surface area contributed by atoms with Crippen LogP contribution in [-0.2, 0) is 0 Å². The average Bonchev–Trinajstić information content (AvgIpc) is 1.82. The van der Waals surface area contributed by atoms with Gasteiger partial charge in [-0.25, -0.2) is 0 Å². The molecule has 0 aliphatic heterocycles. The van der Waals surface area contributed by atoms with Gasteiger partial charge in [0, 0.05) is 5.57 Å². The Hall–Kier alpha value is -0.750. The van der Waals surface area contributed by atoms with Crippen LogP contribution < -0.4 is 0 Å². The quantitative estimate of drug-likeness (QED) is 0.423. The van der Waals surface area contributed by atoms with Crippen LogP contribution in [0.25, 0.3) is 0 Å². The fraction of sp³-hybridized carbons (Fsp3) is 0.667. The summed E-state index contributed by atoms with van der Waals surface area (Å²) in [6.07, 6.45) is -5.39. The van der Waals surface area contributed by atoms with Gasteiger partial charge < -0.3 is 0 Å². The van der Waals surface area contributed by atoms with Crippen molar-refractivity contribution in [1.29, 1.82) is 0 Å². The molecule has 0 radical (unpaired) electrons. The van der Waals surface area contributed by atoms with E-state index in [9.17, 15) is 30.7 Å². The molecule has 1 aliphatic rings. The highest BCUT2D eigenvalue weighted by Gasteiger charge is 2.75. The molecule has 0 spiro atoms. The van der Waals surface area contributed by atoms with E-state index >= 15 is 0 Å². The zero-order valence-electron chi connectivity index (χ0n) is 6.15. The molecule has 0 aromatic rings. The largest absolute Gasteiger partial charge is 0.418 e. The minimum atomic E-state index is -5.39. The van der Waals surface area contributed by atoms with Gasteiger partial charge in [-0.3, -0.25) is 0 Å². The SMILES string of the molecule is CC1=C(C(F)(F)F)C(F)(F)C1(F)F. The molecule has 0 unspecified atom stereocenters. The molecule has 0 saturated heterocycles. The summed E-state index contributed by atoms with van der Waals surface area (Å²) in [6, 6.07) is 0. The van der Waals surface area contributed by atoms with E-state index in [1.807, 2.05) is 0 Å². The minimum Gasteiger partial charge on any atom is -0.194 e. The number of alkyl halides is 7. The molecule has 0 bridgehead atoms. The summed E-state index contributed by atoms with van der Waals surface area (Å²) in [6.45, 7) is 0.347. The first kappa shape index (κ1) is 10.3. The standard InChI is InChI=1S/C6H3F7/c1-2-3(6(11,12)13)5(9,10)4(2,7)8/h1H3. The molecule has 0 nitrogen and oxygen atoms in total. The van der Waals surface area contributed by atoms with E-state index < -0.39 is 29.2 Å². The Morgan fingerprint density at radius 1 is 0.923 bits per heavy atom. The predicted molar refractivity (Wildman–Crippen MR) is 28.6 cm³/mol. The van der Waals surface area contributed by atoms with Crippen LogP contribution in [0.2, 0.25) is 0 Å². The van der Waals surface area contributed by atoms with Gasteiger partial charge in [-0.15, -0.1) is 0 Å². The number of allylic oxidation sites excluding steroid dienone is 2. The average molecular weight is 208 g/mol. The molecule has 76 valence electrons. The van der Waals surface area contributed by atoms with E-state index in [0.717, 1.165) is 0 Å². The summed E-state index contributed by atoms with van der Waals surface area (Å²) in [5.74, 6) is -9.76. The number of rotatable bonds is 0. The van der Waals surface area contributed by atoms with Crippen LogP contribution >= 0.6 is 0 Å². The second-order valence-corrected chi connectivity index (χ2v) is 2.65. The lowest BCUT2D eigenvalue weighted by molar-refractivity contribution is -0.234. The Bertz CT molecular complexity index is 269. The first-order chi connectivity index (χ1) is 5.53. The van der Waals surface area contributed by atoms with Crippen molar-refractivity contribution in [1.82, 2.24) is 0 Å². The first-order valence-electron chi connectivity index (χ1n) is 3.07. The van der Waals surface area contributed by atoms with Crippen LogP contribution in [0.4, 0.5) is 30.7 Å². The minimum absolute atomic E-state index is 0.347. The first-order valence-corrected chi connectivity index (χ1v) is 3.07. The number of hydrogen-bond acceptors (Lipinski definition) is 0. The highest BCUT2D eigenvalue weighted by atomic mass is 19.4. The summed E-state index contributed by atoms with van der Waals surface area (Å²) in [4.78, 5) is 0. The van der Waals surface area contributed by atoms with Gasteiger partial charge in [0.1, 0.15) is 5.57 Å². The van der Waals surface area contributed by atoms with Crippen molar-refractivity contribution in [2.75, 3.05) is 0 Å². The van der Waals surface area contributed by atoms with Crippen molar-refractivity contribution in [3.63, 3.8) is 0 Å². The van der Waals surface area contributed by atoms with E-state index in [4.69, 9.17) is 0 Å². The molecule has 7 heteroatoms. The second kappa shape index (κ2) is 2.19. The Kier molecular flexibility index (Phi) is 1.74.